The second-order valence-electron chi connectivity index (χ2n) is 6.99. The number of hydrogen-bond donors (Lipinski definition) is 2. The Bertz CT molecular complexity index is 970. The van der Waals surface area contributed by atoms with Crippen LogP contribution in [0, 0.1) is 0 Å². The molecule has 156 valence electrons. The van der Waals surface area contributed by atoms with E-state index in [1.807, 2.05) is 36.4 Å². The van der Waals surface area contributed by atoms with Gasteiger partial charge >= 0.3 is 0 Å². The molecule has 8 heteroatoms. The largest absolute Gasteiger partial charge is 0.497 e. The summed E-state index contributed by atoms with van der Waals surface area (Å²) in [6.45, 7) is 3.43. The van der Waals surface area contributed by atoms with Gasteiger partial charge in [0.05, 0.1) is 14.2 Å². The smallest absolute Gasteiger partial charge is 0.159 e. The maximum atomic E-state index is 6.41. The quantitative estimate of drug-likeness (QED) is 0.645. The zero-order valence-corrected chi connectivity index (χ0v) is 17.2. The van der Waals surface area contributed by atoms with Gasteiger partial charge in [0.2, 0.25) is 0 Å². The van der Waals surface area contributed by atoms with Gasteiger partial charge in [0.15, 0.2) is 11.6 Å². The summed E-state index contributed by atoms with van der Waals surface area (Å²) in [6.07, 6.45) is 1.55. The minimum Gasteiger partial charge on any atom is -0.497 e. The molecule has 1 saturated heterocycles. The highest BCUT2D eigenvalue weighted by Crippen LogP contribution is 2.30. The SMILES string of the molecule is COc1ccc(Nc2ncnc(N3CCN(c4ccc(OC)cc4)CC3)c2N)cc1. The van der Waals surface area contributed by atoms with Crippen LogP contribution in [0.1, 0.15) is 0 Å². The normalized spacial score (nSPS) is 13.8. The van der Waals surface area contributed by atoms with E-state index in [1.54, 1.807) is 20.5 Å². The third kappa shape index (κ3) is 4.17. The fraction of sp³-hybridized carbons (Fsp3) is 0.273. The second kappa shape index (κ2) is 8.77. The predicted octanol–water partition coefficient (Wildman–Crippen LogP) is 3.15. The van der Waals surface area contributed by atoms with Gasteiger partial charge in [-0.15, -0.1) is 0 Å². The Balaban J connectivity index is 1.43. The molecule has 8 nitrogen and oxygen atoms in total. The summed E-state index contributed by atoms with van der Waals surface area (Å²) < 4.78 is 10.4. The van der Waals surface area contributed by atoms with Crippen LogP contribution in [0.5, 0.6) is 11.5 Å². The monoisotopic (exact) mass is 406 g/mol. The minimum absolute atomic E-state index is 0.547. The first-order valence-electron chi connectivity index (χ1n) is 9.83. The van der Waals surface area contributed by atoms with Gasteiger partial charge in [0.25, 0.3) is 0 Å². The van der Waals surface area contributed by atoms with Crippen LogP contribution in [0.25, 0.3) is 0 Å². The van der Waals surface area contributed by atoms with Gasteiger partial charge in [-0.2, -0.15) is 0 Å². The average molecular weight is 406 g/mol. The van der Waals surface area contributed by atoms with E-state index in [-0.39, 0.29) is 0 Å². The van der Waals surface area contributed by atoms with Gasteiger partial charge in [-0.1, -0.05) is 0 Å². The molecule has 3 N–H and O–H groups in total. The van der Waals surface area contributed by atoms with Crippen LogP contribution < -0.4 is 30.3 Å². The van der Waals surface area contributed by atoms with Crippen molar-refractivity contribution in [3.05, 3.63) is 54.9 Å². The maximum Gasteiger partial charge on any atom is 0.159 e. The van der Waals surface area contributed by atoms with Gasteiger partial charge in [0.1, 0.15) is 23.5 Å². The molecule has 3 aromatic rings. The summed E-state index contributed by atoms with van der Waals surface area (Å²) in [5, 5.41) is 3.27. The molecule has 1 aliphatic heterocycles. The molecule has 2 aromatic carbocycles. The van der Waals surface area contributed by atoms with Gasteiger partial charge < -0.3 is 30.3 Å². The third-order valence-electron chi connectivity index (χ3n) is 5.23. The van der Waals surface area contributed by atoms with Crippen molar-refractivity contribution < 1.29 is 9.47 Å². The fourth-order valence-corrected chi connectivity index (χ4v) is 3.52. The molecule has 0 bridgehead atoms. The Kier molecular flexibility index (Phi) is 5.74. The van der Waals surface area contributed by atoms with Crippen molar-refractivity contribution in [3.8, 4) is 11.5 Å². The number of nitrogens with one attached hydrogen (secondary N) is 1. The number of methoxy groups -OCH3 is 2. The molecule has 4 rings (SSSR count). The van der Waals surface area contributed by atoms with Crippen molar-refractivity contribution >= 4 is 28.7 Å². The Morgan fingerprint density at radius 3 is 1.97 bits per heavy atom. The van der Waals surface area contributed by atoms with Crippen molar-refractivity contribution in [2.75, 3.05) is 61.2 Å². The molecular formula is C22H26N6O2. The Hall–Kier alpha value is -3.68. The van der Waals surface area contributed by atoms with Crippen LogP contribution in [0.2, 0.25) is 0 Å². The summed E-state index contributed by atoms with van der Waals surface area (Å²) in [4.78, 5) is 13.3. The lowest BCUT2D eigenvalue weighted by Gasteiger charge is -2.37. The van der Waals surface area contributed by atoms with E-state index in [0.29, 0.717) is 11.5 Å². The molecule has 1 fully saturated rings. The highest BCUT2D eigenvalue weighted by molar-refractivity contribution is 5.78. The lowest BCUT2D eigenvalue weighted by Crippen LogP contribution is -2.47. The van der Waals surface area contributed by atoms with Crippen molar-refractivity contribution in [1.29, 1.82) is 0 Å². The summed E-state index contributed by atoms with van der Waals surface area (Å²) in [7, 11) is 3.32. The maximum absolute atomic E-state index is 6.41. The molecule has 1 aromatic heterocycles. The zero-order chi connectivity index (χ0) is 20.9. The van der Waals surface area contributed by atoms with Crippen molar-refractivity contribution in [3.63, 3.8) is 0 Å². The first kappa shape index (κ1) is 19.6. The Labute approximate surface area is 176 Å². The molecule has 0 spiro atoms. The Morgan fingerprint density at radius 1 is 0.800 bits per heavy atom. The van der Waals surface area contributed by atoms with Crippen LogP contribution in [0.4, 0.5) is 28.7 Å². The first-order valence-corrected chi connectivity index (χ1v) is 9.83. The van der Waals surface area contributed by atoms with Gasteiger partial charge in [-0.25, -0.2) is 9.97 Å². The highest BCUT2D eigenvalue weighted by Gasteiger charge is 2.21. The zero-order valence-electron chi connectivity index (χ0n) is 17.2. The number of ether oxygens (including phenoxy) is 2. The van der Waals surface area contributed by atoms with Crippen LogP contribution in [0.3, 0.4) is 0 Å². The topological polar surface area (TPSA) is 88.8 Å². The number of rotatable bonds is 6. The van der Waals surface area contributed by atoms with Crippen LogP contribution in [-0.4, -0.2) is 50.4 Å². The van der Waals surface area contributed by atoms with E-state index in [4.69, 9.17) is 15.2 Å². The number of hydrogen-bond acceptors (Lipinski definition) is 8. The molecule has 30 heavy (non-hydrogen) atoms. The standard InChI is InChI=1S/C22H26N6O2/c1-29-18-7-3-16(4-8-18)26-21-20(23)22(25-15-24-21)28-13-11-27(12-14-28)17-5-9-19(30-2)10-6-17/h3-10,15H,11-14,23H2,1-2H3,(H,24,25,26). The molecule has 2 heterocycles. The molecule has 0 atom stereocenters. The van der Waals surface area contributed by atoms with E-state index in [1.165, 1.54) is 5.69 Å². The summed E-state index contributed by atoms with van der Waals surface area (Å²) >= 11 is 0. The van der Waals surface area contributed by atoms with Crippen LogP contribution >= 0.6 is 0 Å². The van der Waals surface area contributed by atoms with E-state index in [0.717, 1.165) is 49.2 Å². The second-order valence-corrected chi connectivity index (χ2v) is 6.99. The minimum atomic E-state index is 0.547. The summed E-state index contributed by atoms with van der Waals surface area (Å²) in [6, 6.07) is 15.8. The Morgan fingerprint density at radius 2 is 1.37 bits per heavy atom. The molecule has 0 amide bonds. The van der Waals surface area contributed by atoms with Crippen molar-refractivity contribution in [2.24, 2.45) is 0 Å². The number of nitrogens with two attached hydrogens (primary N) is 1. The number of anilines is 5. The van der Waals surface area contributed by atoms with E-state index in [2.05, 4.69) is 37.2 Å². The lowest BCUT2D eigenvalue weighted by molar-refractivity contribution is 0.414. The molecule has 1 aliphatic rings. The highest BCUT2D eigenvalue weighted by atomic mass is 16.5. The lowest BCUT2D eigenvalue weighted by atomic mass is 10.2. The predicted molar refractivity (Wildman–Crippen MR) is 120 cm³/mol. The van der Waals surface area contributed by atoms with Gasteiger partial charge in [-0.3, -0.25) is 0 Å². The number of nitrogen functional groups attached to an aromatic ring is 1. The number of nitrogens with zero attached hydrogens (tertiary/aromatic N) is 4. The summed E-state index contributed by atoms with van der Waals surface area (Å²) in [5.41, 5.74) is 9.04. The summed E-state index contributed by atoms with van der Waals surface area (Å²) in [5.74, 6) is 3.02. The van der Waals surface area contributed by atoms with E-state index < -0.39 is 0 Å². The number of aromatic nitrogens is 2. The van der Waals surface area contributed by atoms with Crippen LogP contribution in [-0.2, 0) is 0 Å². The van der Waals surface area contributed by atoms with Crippen molar-refractivity contribution in [1.82, 2.24) is 9.97 Å². The van der Waals surface area contributed by atoms with Crippen molar-refractivity contribution in [2.45, 2.75) is 0 Å². The molecule has 0 saturated carbocycles. The molecule has 0 aliphatic carbocycles. The average Bonchev–Trinajstić information content (AvgIpc) is 2.81. The molecule has 0 unspecified atom stereocenters. The number of benzene rings is 2. The van der Waals surface area contributed by atoms with E-state index in [9.17, 15) is 0 Å². The van der Waals surface area contributed by atoms with Crippen LogP contribution in [0.15, 0.2) is 54.9 Å². The molecule has 0 radical (unpaired) electrons. The third-order valence-corrected chi connectivity index (χ3v) is 5.23. The first-order chi connectivity index (χ1) is 14.7. The fourth-order valence-electron chi connectivity index (χ4n) is 3.52. The van der Waals surface area contributed by atoms with Gasteiger partial charge in [0, 0.05) is 37.6 Å². The molecular weight excluding hydrogens is 380 g/mol. The number of piperazine rings is 1. The van der Waals surface area contributed by atoms with E-state index >= 15 is 0 Å². The van der Waals surface area contributed by atoms with Gasteiger partial charge in [-0.05, 0) is 48.5 Å².